The zero-order valence-corrected chi connectivity index (χ0v) is 12.9. The third kappa shape index (κ3) is 5.54. The number of hydrogen-bond acceptors (Lipinski definition) is 2. The zero-order chi connectivity index (χ0) is 16.7. The molecule has 0 aliphatic heterocycles. The molecule has 2 aromatic carbocycles. The van der Waals surface area contributed by atoms with E-state index in [1.165, 1.54) is 12.1 Å². The molecule has 2 rings (SSSR count). The second-order valence-electron chi connectivity index (χ2n) is 5.28. The van der Waals surface area contributed by atoms with Gasteiger partial charge in [-0.3, -0.25) is 9.59 Å². The van der Waals surface area contributed by atoms with Crippen molar-refractivity contribution in [2.24, 2.45) is 0 Å². The molecule has 0 atom stereocenters. The molecule has 0 saturated heterocycles. The Hall–Kier alpha value is -2.69. The monoisotopic (exact) mass is 314 g/mol. The summed E-state index contributed by atoms with van der Waals surface area (Å²) < 4.78 is 13.0. The van der Waals surface area contributed by atoms with Gasteiger partial charge in [-0.25, -0.2) is 4.39 Å². The first-order chi connectivity index (χ1) is 11.0. The summed E-state index contributed by atoms with van der Waals surface area (Å²) in [7, 11) is 0. The van der Waals surface area contributed by atoms with Crippen molar-refractivity contribution in [3.8, 4) is 0 Å². The van der Waals surface area contributed by atoms with Crippen molar-refractivity contribution < 1.29 is 14.0 Å². The van der Waals surface area contributed by atoms with Crippen LogP contribution in [0.2, 0.25) is 0 Å². The number of halogens is 1. The fraction of sp³-hybridized carbons (Fsp3) is 0.222. The smallest absolute Gasteiger partial charge is 0.251 e. The molecular weight excluding hydrogens is 295 g/mol. The van der Waals surface area contributed by atoms with Gasteiger partial charge >= 0.3 is 0 Å². The van der Waals surface area contributed by atoms with E-state index in [0.717, 1.165) is 11.1 Å². The maximum absolute atomic E-state index is 13.0. The quantitative estimate of drug-likeness (QED) is 0.859. The predicted octanol–water partition coefficient (Wildman–Crippen LogP) is 2.22. The molecule has 0 aliphatic rings. The van der Waals surface area contributed by atoms with Crippen LogP contribution in [-0.4, -0.2) is 24.9 Å². The van der Waals surface area contributed by atoms with Crippen molar-refractivity contribution in [1.29, 1.82) is 0 Å². The molecule has 0 aromatic heterocycles. The van der Waals surface area contributed by atoms with Gasteiger partial charge in [0.2, 0.25) is 5.91 Å². The van der Waals surface area contributed by atoms with E-state index in [0.29, 0.717) is 18.5 Å². The van der Waals surface area contributed by atoms with Gasteiger partial charge in [0.25, 0.3) is 5.91 Å². The van der Waals surface area contributed by atoms with Crippen LogP contribution in [0.5, 0.6) is 0 Å². The van der Waals surface area contributed by atoms with Gasteiger partial charge in [-0.2, -0.15) is 0 Å². The number of carbonyl (C=O) groups is 2. The van der Waals surface area contributed by atoms with Crippen molar-refractivity contribution in [3.05, 3.63) is 71.0 Å². The van der Waals surface area contributed by atoms with Crippen molar-refractivity contribution in [2.75, 3.05) is 13.1 Å². The minimum absolute atomic E-state index is 0.0874. The highest BCUT2D eigenvalue weighted by molar-refractivity contribution is 5.96. The summed E-state index contributed by atoms with van der Waals surface area (Å²) in [6.45, 7) is 2.20. The highest BCUT2D eigenvalue weighted by Crippen LogP contribution is 2.04. The van der Waals surface area contributed by atoms with Crippen LogP contribution in [0.4, 0.5) is 4.39 Å². The number of amides is 2. The lowest BCUT2D eigenvalue weighted by molar-refractivity contribution is -0.120. The summed E-state index contributed by atoms with van der Waals surface area (Å²) in [5.74, 6) is -0.851. The predicted molar refractivity (Wildman–Crippen MR) is 86.6 cm³/mol. The molecule has 23 heavy (non-hydrogen) atoms. The Labute approximate surface area is 134 Å². The number of rotatable bonds is 6. The Kier molecular flexibility index (Phi) is 5.86. The van der Waals surface area contributed by atoms with Crippen molar-refractivity contribution in [1.82, 2.24) is 10.6 Å². The van der Waals surface area contributed by atoms with Gasteiger partial charge in [-0.1, -0.05) is 29.8 Å². The second kappa shape index (κ2) is 8.08. The van der Waals surface area contributed by atoms with Crippen LogP contribution in [-0.2, 0) is 11.2 Å². The Morgan fingerprint density at radius 1 is 1.04 bits per heavy atom. The minimum atomic E-state index is -0.292. The highest BCUT2D eigenvalue weighted by Gasteiger charge is 2.07. The van der Waals surface area contributed by atoms with E-state index < -0.39 is 0 Å². The Balaban J connectivity index is 1.72. The van der Waals surface area contributed by atoms with Crippen molar-refractivity contribution >= 4 is 11.8 Å². The van der Waals surface area contributed by atoms with Gasteiger partial charge in [0.05, 0.1) is 6.54 Å². The molecule has 0 radical (unpaired) electrons. The molecule has 0 saturated carbocycles. The fourth-order valence-electron chi connectivity index (χ4n) is 2.15. The minimum Gasteiger partial charge on any atom is -0.354 e. The molecule has 0 fully saturated rings. The van der Waals surface area contributed by atoms with E-state index in [1.54, 1.807) is 30.3 Å². The van der Waals surface area contributed by atoms with E-state index in [4.69, 9.17) is 0 Å². The molecule has 0 bridgehead atoms. The van der Waals surface area contributed by atoms with Gasteiger partial charge in [0.15, 0.2) is 0 Å². The van der Waals surface area contributed by atoms with Gasteiger partial charge < -0.3 is 10.6 Å². The maximum atomic E-state index is 13.0. The number of aryl methyl sites for hydroxylation is 1. The summed E-state index contributed by atoms with van der Waals surface area (Å²) in [6, 6.07) is 13.4. The summed E-state index contributed by atoms with van der Waals surface area (Å²) in [5.41, 5.74) is 2.32. The first kappa shape index (κ1) is 16.7. The van der Waals surface area contributed by atoms with E-state index >= 15 is 0 Å². The third-order valence-corrected chi connectivity index (χ3v) is 3.31. The van der Waals surface area contributed by atoms with E-state index in [1.807, 2.05) is 13.0 Å². The SMILES string of the molecule is Cc1cccc(C(=O)NCC(=O)NCCc2cccc(F)c2)c1. The Morgan fingerprint density at radius 3 is 2.57 bits per heavy atom. The molecule has 0 heterocycles. The van der Waals surface area contributed by atoms with Crippen molar-refractivity contribution in [2.45, 2.75) is 13.3 Å². The molecule has 0 spiro atoms. The second-order valence-corrected chi connectivity index (χ2v) is 5.28. The molecule has 120 valence electrons. The molecular formula is C18H19FN2O2. The third-order valence-electron chi connectivity index (χ3n) is 3.31. The van der Waals surface area contributed by atoms with Crippen LogP contribution in [0.15, 0.2) is 48.5 Å². The summed E-state index contributed by atoms with van der Waals surface area (Å²) in [6.07, 6.45) is 0.537. The topological polar surface area (TPSA) is 58.2 Å². The molecule has 0 aliphatic carbocycles. The van der Waals surface area contributed by atoms with E-state index in [9.17, 15) is 14.0 Å². The fourth-order valence-corrected chi connectivity index (χ4v) is 2.15. The van der Waals surface area contributed by atoms with Crippen LogP contribution in [0.3, 0.4) is 0 Å². The largest absolute Gasteiger partial charge is 0.354 e. The van der Waals surface area contributed by atoms with Gasteiger partial charge in [-0.05, 0) is 43.2 Å². The van der Waals surface area contributed by atoms with Gasteiger partial charge in [0.1, 0.15) is 5.82 Å². The molecule has 2 N–H and O–H groups in total. The first-order valence-corrected chi connectivity index (χ1v) is 7.40. The van der Waals surface area contributed by atoms with Crippen LogP contribution in [0.25, 0.3) is 0 Å². The first-order valence-electron chi connectivity index (χ1n) is 7.40. The molecule has 2 amide bonds. The lowest BCUT2D eigenvalue weighted by atomic mass is 10.1. The average molecular weight is 314 g/mol. The van der Waals surface area contributed by atoms with Crippen LogP contribution < -0.4 is 10.6 Å². The standard InChI is InChI=1S/C18H19FN2O2/c1-13-4-2-6-15(10-13)18(23)21-12-17(22)20-9-8-14-5-3-7-16(19)11-14/h2-7,10-11H,8-9,12H2,1H3,(H,20,22)(H,21,23). The van der Waals surface area contributed by atoms with Crippen LogP contribution in [0.1, 0.15) is 21.5 Å². The maximum Gasteiger partial charge on any atom is 0.251 e. The Bertz CT molecular complexity index is 701. The molecule has 5 heteroatoms. The summed E-state index contributed by atoms with van der Waals surface area (Å²) in [5, 5.41) is 5.27. The molecule has 0 unspecified atom stereocenters. The molecule has 4 nitrogen and oxygen atoms in total. The number of hydrogen-bond donors (Lipinski definition) is 2. The lowest BCUT2D eigenvalue weighted by Gasteiger charge is -2.07. The van der Waals surface area contributed by atoms with Gasteiger partial charge in [0, 0.05) is 12.1 Å². The number of nitrogens with one attached hydrogen (secondary N) is 2. The summed E-state index contributed by atoms with van der Waals surface area (Å²) in [4.78, 5) is 23.6. The van der Waals surface area contributed by atoms with Crippen LogP contribution in [0, 0.1) is 12.7 Å². The average Bonchev–Trinajstić information content (AvgIpc) is 2.52. The zero-order valence-electron chi connectivity index (χ0n) is 12.9. The van der Waals surface area contributed by atoms with E-state index in [2.05, 4.69) is 10.6 Å². The Morgan fingerprint density at radius 2 is 1.83 bits per heavy atom. The highest BCUT2D eigenvalue weighted by atomic mass is 19.1. The van der Waals surface area contributed by atoms with Crippen molar-refractivity contribution in [3.63, 3.8) is 0 Å². The van der Waals surface area contributed by atoms with Gasteiger partial charge in [-0.15, -0.1) is 0 Å². The summed E-state index contributed by atoms with van der Waals surface area (Å²) >= 11 is 0. The molecule has 2 aromatic rings. The number of benzene rings is 2. The van der Waals surface area contributed by atoms with Crippen LogP contribution >= 0.6 is 0 Å². The normalized spacial score (nSPS) is 10.2. The van der Waals surface area contributed by atoms with E-state index in [-0.39, 0.29) is 24.2 Å². The lowest BCUT2D eigenvalue weighted by Crippen LogP contribution is -2.37. The number of carbonyl (C=O) groups excluding carboxylic acids is 2.